The molecule has 4 nitrogen and oxygen atoms in total. The molecule has 0 spiro atoms. The lowest BCUT2D eigenvalue weighted by Gasteiger charge is -2.36. The summed E-state index contributed by atoms with van der Waals surface area (Å²) in [5.74, 6) is -0.652. The molecule has 1 amide bonds. The van der Waals surface area contributed by atoms with Crippen LogP contribution in [-0.2, 0) is 19.7 Å². The minimum atomic E-state index is -0.704. The van der Waals surface area contributed by atoms with Gasteiger partial charge in [-0.2, -0.15) is 0 Å². The molecule has 4 heteroatoms. The van der Waals surface area contributed by atoms with Crippen LogP contribution >= 0.6 is 0 Å². The standard InChI is InChI=1S/C28H31NO3/c1-4-21(2)26(27(31)32-3)29-25(30)20-28(22-14-8-5-9-15-22,23-16-10-6-11-17-23)24-18-12-7-13-19-24/h5-19,21,26H,4,20H2,1-3H3,(H,29,30)/t21-,26-/m0/s1. The molecule has 166 valence electrons. The van der Waals surface area contributed by atoms with Crippen LogP contribution in [0, 0.1) is 5.92 Å². The van der Waals surface area contributed by atoms with Gasteiger partial charge in [-0.15, -0.1) is 0 Å². The highest BCUT2D eigenvalue weighted by molar-refractivity contribution is 5.86. The largest absolute Gasteiger partial charge is 0.467 e. The number of nitrogens with one attached hydrogen (secondary N) is 1. The highest BCUT2D eigenvalue weighted by Gasteiger charge is 2.39. The zero-order valence-corrected chi connectivity index (χ0v) is 19.0. The molecule has 3 aromatic rings. The van der Waals surface area contributed by atoms with Crippen LogP contribution in [0.15, 0.2) is 91.0 Å². The van der Waals surface area contributed by atoms with Crippen molar-refractivity contribution in [3.05, 3.63) is 108 Å². The Morgan fingerprint density at radius 2 is 1.22 bits per heavy atom. The molecule has 2 atom stereocenters. The second-order valence-electron chi connectivity index (χ2n) is 8.13. The zero-order valence-electron chi connectivity index (χ0n) is 19.0. The molecular formula is C28H31NO3. The summed E-state index contributed by atoms with van der Waals surface area (Å²) in [6, 6.07) is 29.5. The maximum absolute atomic E-state index is 13.5. The SMILES string of the molecule is CC[C@H](C)[C@H](NC(=O)CC(c1ccccc1)(c1ccccc1)c1ccccc1)C(=O)OC. The van der Waals surface area contributed by atoms with Gasteiger partial charge in [0.1, 0.15) is 6.04 Å². The Morgan fingerprint density at radius 3 is 1.56 bits per heavy atom. The average molecular weight is 430 g/mol. The van der Waals surface area contributed by atoms with Crippen molar-refractivity contribution in [3.8, 4) is 0 Å². The highest BCUT2D eigenvalue weighted by Crippen LogP contribution is 2.42. The van der Waals surface area contributed by atoms with Crippen molar-refractivity contribution in [2.45, 2.75) is 38.1 Å². The lowest BCUT2D eigenvalue weighted by Crippen LogP contribution is -2.48. The smallest absolute Gasteiger partial charge is 0.328 e. The number of ether oxygens (including phenoxy) is 1. The van der Waals surface area contributed by atoms with Crippen molar-refractivity contribution in [2.24, 2.45) is 5.92 Å². The maximum atomic E-state index is 13.5. The van der Waals surface area contributed by atoms with Crippen molar-refractivity contribution < 1.29 is 14.3 Å². The summed E-state index contributed by atoms with van der Waals surface area (Å²) in [4.78, 5) is 25.9. The van der Waals surface area contributed by atoms with E-state index < -0.39 is 17.4 Å². The van der Waals surface area contributed by atoms with E-state index in [1.807, 2.05) is 68.4 Å². The summed E-state index contributed by atoms with van der Waals surface area (Å²) < 4.78 is 4.97. The summed E-state index contributed by atoms with van der Waals surface area (Å²) in [5, 5.41) is 2.97. The van der Waals surface area contributed by atoms with E-state index in [-0.39, 0.29) is 18.2 Å². The molecule has 0 radical (unpaired) electrons. The summed E-state index contributed by atoms with van der Waals surface area (Å²) in [6.45, 7) is 3.94. The maximum Gasteiger partial charge on any atom is 0.328 e. The van der Waals surface area contributed by atoms with Gasteiger partial charge in [-0.1, -0.05) is 111 Å². The highest BCUT2D eigenvalue weighted by atomic mass is 16.5. The summed E-state index contributed by atoms with van der Waals surface area (Å²) in [5.41, 5.74) is 2.35. The molecule has 0 saturated heterocycles. The fraction of sp³-hybridized carbons (Fsp3) is 0.286. The molecule has 0 aliphatic rings. The molecule has 0 bridgehead atoms. The van der Waals surface area contributed by atoms with Gasteiger partial charge in [0, 0.05) is 6.42 Å². The van der Waals surface area contributed by atoms with Crippen molar-refractivity contribution in [1.82, 2.24) is 5.32 Å². The second kappa shape index (κ2) is 10.8. The normalized spacial score (nSPS) is 13.1. The first kappa shape index (κ1) is 23.3. The number of esters is 1. The number of amides is 1. The number of rotatable bonds is 9. The topological polar surface area (TPSA) is 55.4 Å². The minimum absolute atomic E-state index is 0.0361. The fourth-order valence-corrected chi connectivity index (χ4v) is 4.24. The lowest BCUT2D eigenvalue weighted by atomic mass is 9.67. The zero-order chi connectivity index (χ0) is 23.0. The van der Waals surface area contributed by atoms with Gasteiger partial charge in [0.15, 0.2) is 0 Å². The van der Waals surface area contributed by atoms with E-state index in [0.29, 0.717) is 0 Å². The summed E-state index contributed by atoms with van der Waals surface area (Å²) >= 11 is 0. The van der Waals surface area contributed by atoms with Gasteiger partial charge in [-0.3, -0.25) is 4.79 Å². The molecule has 0 aliphatic heterocycles. The Bertz CT molecular complexity index is 906. The number of benzene rings is 3. The average Bonchev–Trinajstić information content (AvgIpc) is 2.86. The van der Waals surface area contributed by atoms with Crippen molar-refractivity contribution in [2.75, 3.05) is 7.11 Å². The predicted molar refractivity (Wildman–Crippen MR) is 127 cm³/mol. The molecule has 0 saturated carbocycles. The van der Waals surface area contributed by atoms with Crippen LogP contribution in [0.2, 0.25) is 0 Å². The fourth-order valence-electron chi connectivity index (χ4n) is 4.24. The molecule has 32 heavy (non-hydrogen) atoms. The van der Waals surface area contributed by atoms with Crippen molar-refractivity contribution in [1.29, 1.82) is 0 Å². The molecule has 3 rings (SSSR count). The Morgan fingerprint density at radius 1 is 0.812 bits per heavy atom. The van der Waals surface area contributed by atoms with Crippen LogP contribution in [0.4, 0.5) is 0 Å². The van der Waals surface area contributed by atoms with E-state index in [4.69, 9.17) is 4.74 Å². The van der Waals surface area contributed by atoms with Gasteiger partial charge in [0.05, 0.1) is 12.5 Å². The lowest BCUT2D eigenvalue weighted by molar-refractivity contribution is -0.146. The summed E-state index contributed by atoms with van der Waals surface area (Å²) in [6.07, 6.45) is 0.913. The van der Waals surface area contributed by atoms with Crippen LogP contribution in [0.1, 0.15) is 43.4 Å². The van der Waals surface area contributed by atoms with E-state index in [1.165, 1.54) is 7.11 Å². The molecule has 0 heterocycles. The van der Waals surface area contributed by atoms with Gasteiger partial charge in [-0.25, -0.2) is 4.79 Å². The number of methoxy groups -OCH3 is 1. The van der Waals surface area contributed by atoms with Crippen molar-refractivity contribution in [3.63, 3.8) is 0 Å². The number of hydrogen-bond donors (Lipinski definition) is 1. The van der Waals surface area contributed by atoms with Gasteiger partial charge >= 0.3 is 5.97 Å². The van der Waals surface area contributed by atoms with Gasteiger partial charge in [-0.05, 0) is 22.6 Å². The van der Waals surface area contributed by atoms with E-state index in [9.17, 15) is 9.59 Å². The van der Waals surface area contributed by atoms with Crippen LogP contribution in [0.3, 0.4) is 0 Å². The number of carbonyl (C=O) groups is 2. The van der Waals surface area contributed by atoms with Gasteiger partial charge < -0.3 is 10.1 Å². The Labute approximate surface area is 190 Å². The first-order chi connectivity index (χ1) is 15.5. The Hall–Kier alpha value is -3.40. The predicted octanol–water partition coefficient (Wildman–Crippen LogP) is 5.12. The quantitative estimate of drug-likeness (QED) is 0.380. The molecule has 0 unspecified atom stereocenters. The van der Waals surface area contributed by atoms with E-state index >= 15 is 0 Å². The molecule has 3 aromatic carbocycles. The molecule has 0 fully saturated rings. The molecule has 0 aliphatic carbocycles. The van der Waals surface area contributed by atoms with Crippen LogP contribution in [0.5, 0.6) is 0 Å². The van der Waals surface area contributed by atoms with E-state index in [1.54, 1.807) is 0 Å². The molecule has 0 aromatic heterocycles. The monoisotopic (exact) mass is 429 g/mol. The summed E-state index contributed by atoms with van der Waals surface area (Å²) in [7, 11) is 1.35. The number of carbonyl (C=O) groups excluding carboxylic acids is 2. The Kier molecular flexibility index (Phi) is 7.82. The first-order valence-corrected chi connectivity index (χ1v) is 11.1. The van der Waals surface area contributed by atoms with Crippen LogP contribution < -0.4 is 5.32 Å². The van der Waals surface area contributed by atoms with E-state index in [2.05, 4.69) is 41.7 Å². The second-order valence-corrected chi connectivity index (χ2v) is 8.13. The molecular weight excluding hydrogens is 398 g/mol. The van der Waals surface area contributed by atoms with Crippen LogP contribution in [-0.4, -0.2) is 25.0 Å². The molecule has 1 N–H and O–H groups in total. The third-order valence-electron chi connectivity index (χ3n) is 6.21. The first-order valence-electron chi connectivity index (χ1n) is 11.1. The third-order valence-corrected chi connectivity index (χ3v) is 6.21. The van der Waals surface area contributed by atoms with Gasteiger partial charge in [0.25, 0.3) is 0 Å². The van der Waals surface area contributed by atoms with Gasteiger partial charge in [0.2, 0.25) is 5.91 Å². The minimum Gasteiger partial charge on any atom is -0.467 e. The van der Waals surface area contributed by atoms with Crippen molar-refractivity contribution >= 4 is 11.9 Å². The number of hydrogen-bond acceptors (Lipinski definition) is 3. The van der Waals surface area contributed by atoms with Crippen LogP contribution in [0.25, 0.3) is 0 Å². The Balaban J connectivity index is 2.11. The van der Waals surface area contributed by atoms with E-state index in [0.717, 1.165) is 23.1 Å². The third kappa shape index (κ3) is 4.91.